The second-order valence-electron chi connectivity index (χ2n) is 6.64. The summed E-state index contributed by atoms with van der Waals surface area (Å²) in [6, 6.07) is 22.8. The Morgan fingerprint density at radius 1 is 0.885 bits per heavy atom. The van der Waals surface area contributed by atoms with Crippen LogP contribution in [0, 0.1) is 11.3 Å². The van der Waals surface area contributed by atoms with Crippen molar-refractivity contribution < 1.29 is 0 Å². The molecule has 0 bridgehead atoms. The topological polar surface area (TPSA) is 48.7 Å². The van der Waals surface area contributed by atoms with Crippen LogP contribution in [0.1, 0.15) is 35.2 Å². The molecule has 128 valence electrons. The molecule has 0 spiro atoms. The van der Waals surface area contributed by atoms with Crippen LogP contribution >= 0.6 is 0 Å². The Labute approximate surface area is 154 Å². The Kier molecular flexibility index (Phi) is 4.66. The van der Waals surface area contributed by atoms with Gasteiger partial charge in [-0.2, -0.15) is 5.26 Å². The first kappa shape index (κ1) is 16.4. The molecule has 1 heterocycles. The number of fused-ring (bicyclic) bond motifs is 1. The Balaban J connectivity index is 1.79. The number of benzene rings is 2. The molecule has 0 unspecified atom stereocenters. The number of aromatic nitrogens is 1. The van der Waals surface area contributed by atoms with E-state index >= 15 is 0 Å². The van der Waals surface area contributed by atoms with E-state index in [0.717, 1.165) is 47.5 Å². The van der Waals surface area contributed by atoms with E-state index in [0.29, 0.717) is 6.54 Å². The van der Waals surface area contributed by atoms with Crippen LogP contribution < -0.4 is 5.32 Å². The smallest absolute Gasteiger partial charge is 0.101 e. The zero-order valence-corrected chi connectivity index (χ0v) is 14.7. The number of nitrogens with one attached hydrogen (secondary N) is 1. The lowest BCUT2D eigenvalue weighted by atomic mass is 9.85. The molecule has 0 aliphatic heterocycles. The average molecular weight is 339 g/mol. The standard InChI is InChI=1S/C23H21N3/c24-15-21-19-13-7-8-14-20(19)23(17-9-3-1-4-10-17)26-22(21)16-25-18-11-5-2-6-12-18/h1-6,9-12,25H,7-8,13-14,16H2. The van der Waals surface area contributed by atoms with Crippen molar-refractivity contribution in [2.75, 3.05) is 5.32 Å². The molecule has 0 radical (unpaired) electrons. The van der Waals surface area contributed by atoms with E-state index in [-0.39, 0.29) is 0 Å². The summed E-state index contributed by atoms with van der Waals surface area (Å²) < 4.78 is 0. The molecule has 0 saturated heterocycles. The lowest BCUT2D eigenvalue weighted by Gasteiger charge is -2.22. The van der Waals surface area contributed by atoms with Gasteiger partial charge in [-0.3, -0.25) is 0 Å². The summed E-state index contributed by atoms with van der Waals surface area (Å²) in [5.41, 5.74) is 7.30. The highest BCUT2D eigenvalue weighted by atomic mass is 14.9. The molecule has 3 nitrogen and oxygen atoms in total. The minimum atomic E-state index is 0.556. The number of nitriles is 1. The zero-order chi connectivity index (χ0) is 17.8. The van der Waals surface area contributed by atoms with Crippen molar-refractivity contribution in [3.05, 3.63) is 83.0 Å². The summed E-state index contributed by atoms with van der Waals surface area (Å²) in [5, 5.41) is 13.2. The third-order valence-electron chi connectivity index (χ3n) is 4.98. The van der Waals surface area contributed by atoms with Gasteiger partial charge in [-0.05, 0) is 48.9 Å². The van der Waals surface area contributed by atoms with E-state index in [1.54, 1.807) is 0 Å². The third-order valence-corrected chi connectivity index (χ3v) is 4.98. The number of hydrogen-bond donors (Lipinski definition) is 1. The summed E-state index contributed by atoms with van der Waals surface area (Å²) in [4.78, 5) is 4.96. The fraction of sp³-hybridized carbons (Fsp3) is 0.217. The molecule has 3 aromatic rings. The average Bonchev–Trinajstić information content (AvgIpc) is 2.72. The molecule has 1 N–H and O–H groups in total. The largest absolute Gasteiger partial charge is 0.379 e. The molecule has 0 amide bonds. The molecule has 1 aliphatic rings. The van der Waals surface area contributed by atoms with Crippen LogP contribution in [0.4, 0.5) is 5.69 Å². The van der Waals surface area contributed by atoms with Crippen LogP contribution in [0.5, 0.6) is 0 Å². The first-order valence-corrected chi connectivity index (χ1v) is 9.16. The van der Waals surface area contributed by atoms with Gasteiger partial charge in [0.25, 0.3) is 0 Å². The minimum Gasteiger partial charge on any atom is -0.379 e. The first-order valence-electron chi connectivity index (χ1n) is 9.16. The van der Waals surface area contributed by atoms with Gasteiger partial charge in [-0.15, -0.1) is 0 Å². The van der Waals surface area contributed by atoms with Gasteiger partial charge in [0.15, 0.2) is 0 Å². The van der Waals surface area contributed by atoms with E-state index < -0.39 is 0 Å². The van der Waals surface area contributed by atoms with E-state index in [9.17, 15) is 5.26 Å². The Bertz CT molecular complexity index is 941. The van der Waals surface area contributed by atoms with Crippen molar-refractivity contribution in [2.24, 2.45) is 0 Å². The Morgan fingerprint density at radius 2 is 1.54 bits per heavy atom. The molecular formula is C23H21N3. The predicted molar refractivity (Wildman–Crippen MR) is 105 cm³/mol. The molecule has 1 aromatic heterocycles. The van der Waals surface area contributed by atoms with Crippen molar-refractivity contribution in [2.45, 2.75) is 32.2 Å². The monoisotopic (exact) mass is 339 g/mol. The van der Waals surface area contributed by atoms with Crippen LogP contribution in [0.2, 0.25) is 0 Å². The Morgan fingerprint density at radius 3 is 2.23 bits per heavy atom. The number of para-hydroxylation sites is 1. The molecule has 0 atom stereocenters. The van der Waals surface area contributed by atoms with Gasteiger partial charge in [-0.1, -0.05) is 48.5 Å². The van der Waals surface area contributed by atoms with E-state index in [2.05, 4.69) is 23.5 Å². The SMILES string of the molecule is N#Cc1c(CNc2ccccc2)nc(-c2ccccc2)c2c1CCCC2. The molecule has 26 heavy (non-hydrogen) atoms. The summed E-state index contributed by atoms with van der Waals surface area (Å²) in [6.45, 7) is 0.556. The fourth-order valence-electron chi connectivity index (χ4n) is 3.71. The van der Waals surface area contributed by atoms with Gasteiger partial charge in [0.2, 0.25) is 0 Å². The second kappa shape index (κ2) is 7.41. The number of nitrogens with zero attached hydrogens (tertiary/aromatic N) is 2. The molecule has 1 aliphatic carbocycles. The summed E-state index contributed by atoms with van der Waals surface area (Å²) in [6.07, 6.45) is 4.29. The van der Waals surface area contributed by atoms with Crippen molar-refractivity contribution in [1.29, 1.82) is 5.26 Å². The van der Waals surface area contributed by atoms with Crippen LogP contribution in [-0.4, -0.2) is 4.98 Å². The number of anilines is 1. The molecule has 0 saturated carbocycles. The van der Waals surface area contributed by atoms with Gasteiger partial charge in [0.1, 0.15) is 6.07 Å². The van der Waals surface area contributed by atoms with Gasteiger partial charge in [-0.25, -0.2) is 4.98 Å². The fourth-order valence-corrected chi connectivity index (χ4v) is 3.71. The second-order valence-corrected chi connectivity index (χ2v) is 6.64. The zero-order valence-electron chi connectivity index (χ0n) is 14.7. The summed E-state index contributed by atoms with van der Waals surface area (Å²) >= 11 is 0. The van der Waals surface area contributed by atoms with E-state index in [1.165, 1.54) is 17.5 Å². The van der Waals surface area contributed by atoms with Crippen molar-refractivity contribution in [3.63, 3.8) is 0 Å². The van der Waals surface area contributed by atoms with Gasteiger partial charge in [0.05, 0.1) is 23.5 Å². The van der Waals surface area contributed by atoms with E-state index in [1.807, 2.05) is 48.5 Å². The van der Waals surface area contributed by atoms with Crippen LogP contribution in [0.15, 0.2) is 60.7 Å². The van der Waals surface area contributed by atoms with Crippen molar-refractivity contribution >= 4 is 5.69 Å². The minimum absolute atomic E-state index is 0.556. The van der Waals surface area contributed by atoms with Crippen LogP contribution in [0.25, 0.3) is 11.3 Å². The summed E-state index contributed by atoms with van der Waals surface area (Å²) in [7, 11) is 0. The van der Waals surface area contributed by atoms with Crippen molar-refractivity contribution in [1.82, 2.24) is 4.98 Å². The normalized spacial score (nSPS) is 12.9. The lowest BCUT2D eigenvalue weighted by molar-refractivity contribution is 0.679. The highest BCUT2D eigenvalue weighted by molar-refractivity contribution is 5.68. The molecule has 2 aromatic carbocycles. The van der Waals surface area contributed by atoms with Crippen LogP contribution in [-0.2, 0) is 19.4 Å². The molecule has 4 rings (SSSR count). The van der Waals surface area contributed by atoms with Gasteiger partial charge < -0.3 is 5.32 Å². The number of hydrogen-bond acceptors (Lipinski definition) is 3. The van der Waals surface area contributed by atoms with Gasteiger partial charge >= 0.3 is 0 Å². The van der Waals surface area contributed by atoms with E-state index in [4.69, 9.17) is 4.98 Å². The third kappa shape index (κ3) is 3.19. The maximum absolute atomic E-state index is 9.82. The first-order chi connectivity index (χ1) is 12.9. The Hall–Kier alpha value is -3.12. The highest BCUT2D eigenvalue weighted by Crippen LogP contribution is 2.33. The maximum atomic E-state index is 9.82. The number of rotatable bonds is 4. The molecule has 0 fully saturated rings. The summed E-state index contributed by atoms with van der Waals surface area (Å²) in [5.74, 6) is 0. The predicted octanol–water partition coefficient (Wildman–Crippen LogP) is 5.11. The molecule has 3 heteroatoms. The highest BCUT2D eigenvalue weighted by Gasteiger charge is 2.22. The number of pyridine rings is 1. The maximum Gasteiger partial charge on any atom is 0.101 e. The van der Waals surface area contributed by atoms with Crippen LogP contribution in [0.3, 0.4) is 0 Å². The van der Waals surface area contributed by atoms with Crippen molar-refractivity contribution in [3.8, 4) is 17.3 Å². The lowest BCUT2D eigenvalue weighted by Crippen LogP contribution is -2.14. The molecular weight excluding hydrogens is 318 g/mol. The van der Waals surface area contributed by atoms with Gasteiger partial charge in [0, 0.05) is 11.3 Å². The quantitative estimate of drug-likeness (QED) is 0.718.